The van der Waals surface area contributed by atoms with Crippen LogP contribution in [-0.4, -0.2) is 41.2 Å². The summed E-state index contributed by atoms with van der Waals surface area (Å²) in [5.74, 6) is -0.220. The molecule has 0 aliphatic heterocycles. The van der Waals surface area contributed by atoms with Crippen molar-refractivity contribution in [3.05, 3.63) is 42.2 Å². The number of likely N-dealkylation sites (N-methyl/N-ethyl adjacent to an activating group) is 1. The predicted molar refractivity (Wildman–Crippen MR) is 86.4 cm³/mol. The highest BCUT2D eigenvalue weighted by Gasteiger charge is 2.10. The number of hydrogen-bond acceptors (Lipinski definition) is 5. The highest BCUT2D eigenvalue weighted by Crippen LogP contribution is 2.29. The zero-order valence-corrected chi connectivity index (χ0v) is 12.1. The van der Waals surface area contributed by atoms with Crippen LogP contribution in [0.3, 0.4) is 0 Å². The van der Waals surface area contributed by atoms with E-state index in [0.717, 1.165) is 35.1 Å². The largest absolute Gasteiger partial charge is 0.478 e. The molecule has 0 unspecified atom stereocenters. The van der Waals surface area contributed by atoms with Crippen LogP contribution in [0, 0.1) is 0 Å². The van der Waals surface area contributed by atoms with Gasteiger partial charge in [0.05, 0.1) is 11.1 Å². The molecule has 0 radical (unpaired) electrons. The molecule has 22 heavy (non-hydrogen) atoms. The molecular weight excluding hydrogens is 280 g/mol. The van der Waals surface area contributed by atoms with E-state index in [2.05, 4.69) is 20.6 Å². The second kappa shape index (κ2) is 5.95. The van der Waals surface area contributed by atoms with Crippen LogP contribution in [0.25, 0.3) is 21.7 Å². The van der Waals surface area contributed by atoms with Crippen LogP contribution in [0.5, 0.6) is 0 Å². The van der Waals surface area contributed by atoms with Crippen molar-refractivity contribution < 1.29 is 9.90 Å². The van der Waals surface area contributed by atoms with E-state index in [-0.39, 0.29) is 5.56 Å². The first kappa shape index (κ1) is 14.2. The van der Waals surface area contributed by atoms with Gasteiger partial charge in [0.2, 0.25) is 0 Å². The summed E-state index contributed by atoms with van der Waals surface area (Å²) in [6, 6.07) is 6.88. The average Bonchev–Trinajstić information content (AvgIpc) is 2.54. The molecule has 2 heterocycles. The Morgan fingerprint density at radius 2 is 2.05 bits per heavy atom. The number of hydrogen-bond donors (Lipinski definition) is 3. The topological polar surface area (TPSA) is 87.1 Å². The van der Waals surface area contributed by atoms with Crippen molar-refractivity contribution in [2.24, 2.45) is 0 Å². The second-order valence-electron chi connectivity index (χ2n) is 4.95. The van der Waals surface area contributed by atoms with Crippen molar-refractivity contribution in [1.29, 1.82) is 0 Å². The third-order valence-corrected chi connectivity index (χ3v) is 3.51. The number of nitrogens with zero attached hydrogens (tertiary/aromatic N) is 2. The maximum Gasteiger partial charge on any atom is 0.335 e. The minimum atomic E-state index is -0.959. The number of aromatic carboxylic acids is 1. The predicted octanol–water partition coefficient (Wildman–Crippen LogP) is 2.11. The van der Waals surface area contributed by atoms with Gasteiger partial charge in [0.25, 0.3) is 0 Å². The highest BCUT2D eigenvalue weighted by atomic mass is 16.4. The number of pyridine rings is 2. The standard InChI is InChI=1S/C16H16N4O2/c1-17-6-7-19-15-12-4-5-18-9-13(12)11-3-2-10(16(21)22)8-14(11)20-15/h2-5,8-9,17H,6-7H2,1H3,(H,19,20)(H,21,22). The molecule has 0 amide bonds. The van der Waals surface area contributed by atoms with Gasteiger partial charge in [0.15, 0.2) is 0 Å². The Labute approximate surface area is 127 Å². The maximum atomic E-state index is 11.1. The van der Waals surface area contributed by atoms with Gasteiger partial charge in [-0.2, -0.15) is 0 Å². The molecule has 0 saturated heterocycles. The lowest BCUT2D eigenvalue weighted by molar-refractivity contribution is 0.0697. The van der Waals surface area contributed by atoms with Gasteiger partial charge in [-0.1, -0.05) is 6.07 Å². The fourth-order valence-electron chi connectivity index (χ4n) is 2.42. The molecule has 0 saturated carbocycles. The lowest BCUT2D eigenvalue weighted by atomic mass is 10.1. The van der Waals surface area contributed by atoms with Crippen molar-refractivity contribution >= 4 is 33.5 Å². The molecule has 6 nitrogen and oxygen atoms in total. The van der Waals surface area contributed by atoms with Crippen LogP contribution >= 0.6 is 0 Å². The van der Waals surface area contributed by atoms with Crippen LogP contribution < -0.4 is 10.6 Å². The van der Waals surface area contributed by atoms with Crippen LogP contribution in [0.4, 0.5) is 5.82 Å². The quantitative estimate of drug-likeness (QED) is 0.494. The molecule has 112 valence electrons. The number of carboxylic acids is 1. The number of benzene rings is 1. The van der Waals surface area contributed by atoms with Crippen LogP contribution in [0.2, 0.25) is 0 Å². The van der Waals surface area contributed by atoms with E-state index in [1.807, 2.05) is 13.1 Å². The second-order valence-corrected chi connectivity index (χ2v) is 4.95. The molecule has 0 bridgehead atoms. The van der Waals surface area contributed by atoms with E-state index in [1.165, 1.54) is 0 Å². The first-order valence-corrected chi connectivity index (χ1v) is 7.00. The number of rotatable bonds is 5. The summed E-state index contributed by atoms with van der Waals surface area (Å²) in [6.07, 6.45) is 3.51. The molecule has 3 rings (SSSR count). The van der Waals surface area contributed by atoms with E-state index < -0.39 is 5.97 Å². The van der Waals surface area contributed by atoms with E-state index >= 15 is 0 Å². The van der Waals surface area contributed by atoms with E-state index in [4.69, 9.17) is 5.11 Å². The normalized spacial score (nSPS) is 11.0. The Morgan fingerprint density at radius 1 is 1.18 bits per heavy atom. The van der Waals surface area contributed by atoms with E-state index in [1.54, 1.807) is 30.6 Å². The Morgan fingerprint density at radius 3 is 2.82 bits per heavy atom. The van der Waals surface area contributed by atoms with Crippen LogP contribution in [0.1, 0.15) is 10.4 Å². The first-order valence-electron chi connectivity index (χ1n) is 7.00. The number of carboxylic acid groups (broad SMARTS) is 1. The molecule has 6 heteroatoms. The van der Waals surface area contributed by atoms with Crippen molar-refractivity contribution in [1.82, 2.24) is 15.3 Å². The minimum absolute atomic E-state index is 0.226. The summed E-state index contributed by atoms with van der Waals surface area (Å²) in [6.45, 7) is 1.53. The molecule has 1 aromatic carbocycles. The van der Waals surface area contributed by atoms with Crippen LogP contribution in [0.15, 0.2) is 36.7 Å². The van der Waals surface area contributed by atoms with Gasteiger partial charge in [-0.15, -0.1) is 0 Å². The summed E-state index contributed by atoms with van der Waals surface area (Å²) in [4.78, 5) is 19.9. The van der Waals surface area contributed by atoms with Gasteiger partial charge in [0.1, 0.15) is 5.82 Å². The first-order chi connectivity index (χ1) is 10.7. The molecule has 0 spiro atoms. The van der Waals surface area contributed by atoms with Crippen molar-refractivity contribution in [3.8, 4) is 0 Å². The summed E-state index contributed by atoms with van der Waals surface area (Å²) in [5.41, 5.74) is 0.872. The third-order valence-electron chi connectivity index (χ3n) is 3.51. The summed E-state index contributed by atoms with van der Waals surface area (Å²) in [5, 5.41) is 18.3. The Hall–Kier alpha value is -2.73. The molecule has 0 aliphatic carbocycles. The van der Waals surface area contributed by atoms with Crippen molar-refractivity contribution in [2.75, 3.05) is 25.5 Å². The Bertz CT molecular complexity index is 848. The average molecular weight is 296 g/mol. The van der Waals surface area contributed by atoms with Gasteiger partial charge in [0, 0.05) is 41.6 Å². The number of nitrogens with one attached hydrogen (secondary N) is 2. The summed E-state index contributed by atoms with van der Waals surface area (Å²) < 4.78 is 0. The fraction of sp³-hybridized carbons (Fsp3) is 0.188. The number of fused-ring (bicyclic) bond motifs is 3. The zero-order valence-electron chi connectivity index (χ0n) is 12.1. The maximum absolute atomic E-state index is 11.1. The van der Waals surface area contributed by atoms with Gasteiger partial charge < -0.3 is 15.7 Å². The monoisotopic (exact) mass is 296 g/mol. The number of carbonyl (C=O) groups is 1. The van der Waals surface area contributed by atoms with Gasteiger partial charge >= 0.3 is 5.97 Å². The summed E-state index contributed by atoms with van der Waals surface area (Å²) >= 11 is 0. The molecule has 3 aromatic rings. The SMILES string of the molecule is CNCCNc1nc2cc(C(=O)O)ccc2c2cnccc12. The smallest absolute Gasteiger partial charge is 0.335 e. The molecule has 0 atom stereocenters. The molecule has 3 N–H and O–H groups in total. The molecule has 2 aromatic heterocycles. The van der Waals surface area contributed by atoms with Gasteiger partial charge in [-0.3, -0.25) is 4.98 Å². The van der Waals surface area contributed by atoms with E-state index in [0.29, 0.717) is 5.52 Å². The lowest BCUT2D eigenvalue weighted by Crippen LogP contribution is -2.18. The van der Waals surface area contributed by atoms with Gasteiger partial charge in [-0.25, -0.2) is 9.78 Å². The third kappa shape index (κ3) is 2.56. The Balaban J connectivity index is 2.20. The molecular formula is C16H16N4O2. The summed E-state index contributed by atoms with van der Waals surface area (Å²) in [7, 11) is 1.89. The van der Waals surface area contributed by atoms with E-state index in [9.17, 15) is 4.79 Å². The molecule has 0 aliphatic rings. The van der Waals surface area contributed by atoms with Crippen molar-refractivity contribution in [3.63, 3.8) is 0 Å². The lowest BCUT2D eigenvalue weighted by Gasteiger charge is -2.11. The Kier molecular flexibility index (Phi) is 3.84. The zero-order chi connectivity index (χ0) is 15.5. The fourth-order valence-corrected chi connectivity index (χ4v) is 2.42. The van der Waals surface area contributed by atoms with Gasteiger partial charge in [-0.05, 0) is 25.2 Å². The van der Waals surface area contributed by atoms with Crippen molar-refractivity contribution in [2.45, 2.75) is 0 Å². The highest BCUT2D eigenvalue weighted by molar-refractivity contribution is 6.10. The molecule has 0 fully saturated rings. The van der Waals surface area contributed by atoms with Crippen LogP contribution in [-0.2, 0) is 0 Å². The number of anilines is 1. The number of aromatic nitrogens is 2. The minimum Gasteiger partial charge on any atom is -0.478 e.